The van der Waals surface area contributed by atoms with Crippen molar-refractivity contribution in [2.24, 2.45) is 0 Å². The number of likely N-dealkylation sites (N-methyl/N-ethyl adjacent to an activating group) is 1. The van der Waals surface area contributed by atoms with Crippen LogP contribution >= 0.6 is 0 Å². The minimum absolute atomic E-state index is 0.153. The molecule has 146 valence electrons. The zero-order valence-corrected chi connectivity index (χ0v) is 15.2. The van der Waals surface area contributed by atoms with E-state index in [1.807, 2.05) is 6.07 Å². The van der Waals surface area contributed by atoms with Gasteiger partial charge in [-0.2, -0.15) is 13.2 Å². The number of hydrogen-bond donors (Lipinski definition) is 0. The largest absolute Gasteiger partial charge is 0.433 e. The van der Waals surface area contributed by atoms with Crippen molar-refractivity contribution in [3.05, 3.63) is 58.7 Å². The van der Waals surface area contributed by atoms with E-state index in [-0.39, 0.29) is 11.1 Å². The number of hydrogen-bond acceptors (Lipinski definition) is 5. The van der Waals surface area contributed by atoms with Gasteiger partial charge in [-0.05, 0) is 31.3 Å². The van der Waals surface area contributed by atoms with Crippen molar-refractivity contribution in [2.75, 3.05) is 38.1 Å². The number of anilines is 1. The highest BCUT2D eigenvalue weighted by atomic mass is 19.4. The fraction of sp³-hybridized carbons (Fsp3) is 0.300. The van der Waals surface area contributed by atoms with E-state index in [0.29, 0.717) is 11.0 Å². The number of aromatic nitrogens is 1. The molecule has 0 amide bonds. The van der Waals surface area contributed by atoms with Gasteiger partial charge >= 0.3 is 11.8 Å². The molecule has 8 heteroatoms. The molecule has 0 saturated carbocycles. The van der Waals surface area contributed by atoms with Crippen molar-refractivity contribution in [3.8, 4) is 11.1 Å². The Morgan fingerprint density at radius 3 is 2.50 bits per heavy atom. The average molecular weight is 389 g/mol. The first kappa shape index (κ1) is 18.5. The number of halogens is 3. The van der Waals surface area contributed by atoms with E-state index in [1.54, 1.807) is 12.1 Å². The van der Waals surface area contributed by atoms with E-state index < -0.39 is 17.5 Å². The minimum atomic E-state index is -4.66. The molecule has 1 aliphatic rings. The summed E-state index contributed by atoms with van der Waals surface area (Å²) in [5.74, 6) is 0. The molecule has 4 rings (SSSR count). The van der Waals surface area contributed by atoms with E-state index in [2.05, 4.69) is 21.8 Å². The smallest absolute Gasteiger partial charge is 0.422 e. The monoisotopic (exact) mass is 389 g/mol. The Morgan fingerprint density at radius 2 is 1.79 bits per heavy atom. The van der Waals surface area contributed by atoms with E-state index in [9.17, 15) is 18.0 Å². The van der Waals surface area contributed by atoms with Crippen molar-refractivity contribution in [1.82, 2.24) is 9.88 Å². The second kappa shape index (κ2) is 6.94. The molecule has 0 spiro atoms. The summed E-state index contributed by atoms with van der Waals surface area (Å²) >= 11 is 0. The van der Waals surface area contributed by atoms with Gasteiger partial charge in [0.2, 0.25) is 0 Å². The molecule has 3 aromatic rings. The van der Waals surface area contributed by atoms with Crippen LogP contribution in [0.25, 0.3) is 22.1 Å². The van der Waals surface area contributed by atoms with Gasteiger partial charge in [-0.3, -0.25) is 4.98 Å². The van der Waals surface area contributed by atoms with Crippen LogP contribution in [0.4, 0.5) is 18.9 Å². The fourth-order valence-electron chi connectivity index (χ4n) is 3.40. The maximum Gasteiger partial charge on any atom is 0.433 e. The lowest BCUT2D eigenvalue weighted by molar-refractivity contribution is -0.140. The summed E-state index contributed by atoms with van der Waals surface area (Å²) in [4.78, 5) is 20.3. The molecule has 3 heterocycles. The van der Waals surface area contributed by atoms with Crippen LogP contribution in [0.2, 0.25) is 0 Å². The molecule has 0 unspecified atom stereocenters. The maximum atomic E-state index is 13.3. The molecule has 1 fully saturated rings. The third-order valence-electron chi connectivity index (χ3n) is 4.95. The van der Waals surface area contributed by atoms with Gasteiger partial charge in [0.25, 0.3) is 0 Å². The third kappa shape index (κ3) is 3.47. The van der Waals surface area contributed by atoms with Crippen LogP contribution in [0.1, 0.15) is 5.69 Å². The molecule has 1 saturated heterocycles. The predicted molar refractivity (Wildman–Crippen MR) is 100 cm³/mol. The van der Waals surface area contributed by atoms with Crippen LogP contribution in [0.3, 0.4) is 0 Å². The van der Waals surface area contributed by atoms with Crippen LogP contribution in [-0.2, 0) is 6.18 Å². The molecule has 0 atom stereocenters. The van der Waals surface area contributed by atoms with Crippen molar-refractivity contribution in [1.29, 1.82) is 0 Å². The highest BCUT2D eigenvalue weighted by molar-refractivity contribution is 5.85. The van der Waals surface area contributed by atoms with E-state index in [0.717, 1.165) is 38.1 Å². The lowest BCUT2D eigenvalue weighted by Gasteiger charge is -2.34. The van der Waals surface area contributed by atoms with Gasteiger partial charge in [-0.1, -0.05) is 6.07 Å². The quantitative estimate of drug-likeness (QED) is 0.627. The predicted octanol–water partition coefficient (Wildman–Crippen LogP) is 3.63. The van der Waals surface area contributed by atoms with Gasteiger partial charge in [-0.15, -0.1) is 0 Å². The Hall–Kier alpha value is -2.87. The molecular formula is C20H18F3N3O2. The van der Waals surface area contributed by atoms with Gasteiger partial charge in [0.05, 0.1) is 5.56 Å². The van der Waals surface area contributed by atoms with Crippen molar-refractivity contribution in [2.45, 2.75) is 6.18 Å². The molecule has 1 aliphatic heterocycles. The summed E-state index contributed by atoms with van der Waals surface area (Å²) in [7, 11) is 2.06. The van der Waals surface area contributed by atoms with Crippen molar-refractivity contribution in [3.63, 3.8) is 0 Å². The van der Waals surface area contributed by atoms with E-state index >= 15 is 0 Å². The number of alkyl halides is 3. The maximum absolute atomic E-state index is 13.3. The minimum Gasteiger partial charge on any atom is -0.422 e. The molecule has 28 heavy (non-hydrogen) atoms. The second-order valence-corrected chi connectivity index (χ2v) is 6.86. The normalized spacial score (nSPS) is 15.9. The zero-order chi connectivity index (χ0) is 19.9. The van der Waals surface area contributed by atoms with Gasteiger partial charge in [-0.25, -0.2) is 4.79 Å². The summed E-state index contributed by atoms with van der Waals surface area (Å²) in [6.45, 7) is 3.58. The fourth-order valence-corrected chi connectivity index (χ4v) is 3.40. The molecule has 0 aliphatic carbocycles. The Labute approximate surface area is 159 Å². The topological polar surface area (TPSA) is 49.6 Å². The summed E-state index contributed by atoms with van der Waals surface area (Å²) in [5, 5.41) is 0.560. The Morgan fingerprint density at radius 1 is 1.04 bits per heavy atom. The van der Waals surface area contributed by atoms with Crippen LogP contribution in [-0.4, -0.2) is 43.1 Å². The molecular weight excluding hydrogens is 371 g/mol. The SMILES string of the molecule is CN1CCN(c2ccc3cc(-c4cccnc4C(F)(F)F)c(=O)oc3c2)CC1. The van der Waals surface area contributed by atoms with Gasteiger partial charge < -0.3 is 14.2 Å². The van der Waals surface area contributed by atoms with E-state index in [1.165, 1.54) is 18.2 Å². The number of nitrogens with zero attached hydrogens (tertiary/aromatic N) is 3. The van der Waals surface area contributed by atoms with E-state index in [4.69, 9.17) is 4.42 Å². The highest BCUT2D eigenvalue weighted by Crippen LogP contribution is 2.35. The Bertz CT molecular complexity index is 1070. The standard InChI is InChI=1S/C20H18F3N3O2/c1-25-7-9-26(10-8-25)14-5-4-13-11-16(19(27)28-17(13)12-14)15-3-2-6-24-18(15)20(21,22)23/h2-6,11-12H,7-10H2,1H3. The van der Waals surface area contributed by atoms with Crippen LogP contribution in [0, 0.1) is 0 Å². The first-order chi connectivity index (χ1) is 13.3. The van der Waals surface area contributed by atoms with Gasteiger partial charge in [0.15, 0.2) is 5.69 Å². The van der Waals surface area contributed by atoms with Crippen molar-refractivity contribution < 1.29 is 17.6 Å². The molecule has 0 bridgehead atoms. The Kier molecular flexibility index (Phi) is 4.58. The average Bonchev–Trinajstić information content (AvgIpc) is 2.67. The summed E-state index contributed by atoms with van der Waals surface area (Å²) in [5.41, 5.74) is -1.08. The lowest BCUT2D eigenvalue weighted by atomic mass is 10.0. The summed E-state index contributed by atoms with van der Waals surface area (Å²) < 4.78 is 45.2. The summed E-state index contributed by atoms with van der Waals surface area (Å²) in [6, 6.07) is 9.45. The molecule has 0 N–H and O–H groups in total. The zero-order valence-electron chi connectivity index (χ0n) is 15.2. The summed E-state index contributed by atoms with van der Waals surface area (Å²) in [6.07, 6.45) is -3.61. The molecule has 1 aromatic carbocycles. The molecule has 5 nitrogen and oxygen atoms in total. The lowest BCUT2D eigenvalue weighted by Crippen LogP contribution is -2.44. The first-order valence-corrected chi connectivity index (χ1v) is 8.87. The van der Waals surface area contributed by atoms with Gasteiger partial charge in [0, 0.05) is 55.1 Å². The first-order valence-electron chi connectivity index (χ1n) is 8.87. The van der Waals surface area contributed by atoms with Crippen LogP contribution in [0.5, 0.6) is 0 Å². The number of fused-ring (bicyclic) bond motifs is 1. The number of pyridine rings is 1. The third-order valence-corrected chi connectivity index (χ3v) is 4.95. The molecule has 2 aromatic heterocycles. The van der Waals surface area contributed by atoms with Crippen LogP contribution in [0.15, 0.2) is 51.8 Å². The van der Waals surface area contributed by atoms with Gasteiger partial charge in [0.1, 0.15) is 5.58 Å². The van der Waals surface area contributed by atoms with Crippen molar-refractivity contribution >= 4 is 16.7 Å². The Balaban J connectivity index is 1.77. The number of piperazine rings is 1. The number of benzene rings is 1. The highest BCUT2D eigenvalue weighted by Gasteiger charge is 2.36. The molecule has 0 radical (unpaired) electrons. The number of rotatable bonds is 2. The second-order valence-electron chi connectivity index (χ2n) is 6.86. The van der Waals surface area contributed by atoms with Crippen LogP contribution < -0.4 is 10.5 Å².